The lowest BCUT2D eigenvalue weighted by Gasteiger charge is -2.05. The molecule has 2 aromatic heterocycles. The minimum atomic E-state index is 0.883. The summed E-state index contributed by atoms with van der Waals surface area (Å²) in [4.78, 5) is 4.15. The van der Waals surface area contributed by atoms with Crippen molar-refractivity contribution in [2.45, 2.75) is 6.92 Å². The quantitative estimate of drug-likeness (QED) is 0.928. The molecule has 0 atom stereocenters. The monoisotopic (exact) mass is 266 g/mol. The van der Waals surface area contributed by atoms with E-state index in [0.717, 1.165) is 22.4 Å². The number of hydrogen-bond acceptors (Lipinski definition) is 3. The first-order chi connectivity index (χ1) is 7.29. The molecule has 2 heterocycles. The SMILES string of the molecule is CCNc1cncc(-n2cc(Br)cn2)c1. The van der Waals surface area contributed by atoms with Gasteiger partial charge in [-0.05, 0) is 28.9 Å². The predicted molar refractivity (Wildman–Crippen MR) is 63.2 cm³/mol. The van der Waals surface area contributed by atoms with E-state index >= 15 is 0 Å². The van der Waals surface area contributed by atoms with Crippen molar-refractivity contribution in [1.29, 1.82) is 0 Å². The number of pyridine rings is 1. The number of hydrogen-bond donors (Lipinski definition) is 1. The van der Waals surface area contributed by atoms with Crippen LogP contribution < -0.4 is 5.32 Å². The van der Waals surface area contributed by atoms with E-state index in [1.807, 2.05) is 12.3 Å². The van der Waals surface area contributed by atoms with E-state index < -0.39 is 0 Å². The maximum Gasteiger partial charge on any atom is 0.0849 e. The molecule has 0 fully saturated rings. The topological polar surface area (TPSA) is 42.7 Å². The molecule has 0 aliphatic carbocycles. The second-order valence-electron chi connectivity index (χ2n) is 3.07. The number of rotatable bonds is 3. The van der Waals surface area contributed by atoms with E-state index in [9.17, 15) is 0 Å². The first kappa shape index (κ1) is 10.2. The van der Waals surface area contributed by atoms with E-state index in [4.69, 9.17) is 0 Å². The van der Waals surface area contributed by atoms with Gasteiger partial charge in [-0.25, -0.2) is 4.68 Å². The summed E-state index contributed by atoms with van der Waals surface area (Å²) in [5.41, 5.74) is 1.95. The second-order valence-corrected chi connectivity index (χ2v) is 3.98. The van der Waals surface area contributed by atoms with Crippen molar-refractivity contribution in [3.63, 3.8) is 0 Å². The standard InChI is InChI=1S/C10H11BrN4/c1-2-13-9-3-10(6-12-5-9)15-7-8(11)4-14-15/h3-7,13H,2H2,1H3. The molecule has 5 heteroatoms. The van der Waals surface area contributed by atoms with E-state index in [2.05, 4.69) is 38.3 Å². The molecule has 0 amide bonds. The van der Waals surface area contributed by atoms with Crippen molar-refractivity contribution < 1.29 is 0 Å². The van der Waals surface area contributed by atoms with Crippen molar-refractivity contribution in [2.75, 3.05) is 11.9 Å². The van der Waals surface area contributed by atoms with E-state index in [0.29, 0.717) is 0 Å². The highest BCUT2D eigenvalue weighted by molar-refractivity contribution is 9.10. The fourth-order valence-corrected chi connectivity index (χ4v) is 1.58. The average Bonchev–Trinajstić information content (AvgIpc) is 2.66. The number of aromatic nitrogens is 3. The normalized spacial score (nSPS) is 10.3. The maximum atomic E-state index is 4.19. The Morgan fingerprint density at radius 1 is 1.40 bits per heavy atom. The third kappa shape index (κ3) is 2.36. The van der Waals surface area contributed by atoms with Crippen molar-refractivity contribution in [3.8, 4) is 5.69 Å². The van der Waals surface area contributed by atoms with Crippen LogP contribution >= 0.6 is 15.9 Å². The van der Waals surface area contributed by atoms with Crippen molar-refractivity contribution in [3.05, 3.63) is 35.3 Å². The summed E-state index contributed by atoms with van der Waals surface area (Å²) in [5, 5.41) is 7.40. The molecule has 78 valence electrons. The summed E-state index contributed by atoms with van der Waals surface area (Å²) < 4.78 is 2.73. The van der Waals surface area contributed by atoms with E-state index in [1.54, 1.807) is 23.3 Å². The zero-order valence-electron chi connectivity index (χ0n) is 8.31. The number of nitrogens with one attached hydrogen (secondary N) is 1. The lowest BCUT2D eigenvalue weighted by atomic mass is 10.3. The number of nitrogens with zero attached hydrogens (tertiary/aromatic N) is 3. The molecule has 4 nitrogen and oxygen atoms in total. The Balaban J connectivity index is 2.32. The lowest BCUT2D eigenvalue weighted by molar-refractivity contribution is 0.873. The predicted octanol–water partition coefficient (Wildman–Crippen LogP) is 2.46. The summed E-state index contributed by atoms with van der Waals surface area (Å²) in [6.07, 6.45) is 7.22. The highest BCUT2D eigenvalue weighted by Crippen LogP contribution is 2.14. The summed E-state index contributed by atoms with van der Waals surface area (Å²) in [7, 11) is 0. The highest BCUT2D eigenvalue weighted by atomic mass is 79.9. The largest absolute Gasteiger partial charge is 0.384 e. The van der Waals surface area contributed by atoms with Crippen LogP contribution in [0.2, 0.25) is 0 Å². The van der Waals surface area contributed by atoms with Crippen molar-refractivity contribution in [1.82, 2.24) is 14.8 Å². The fourth-order valence-electron chi connectivity index (χ4n) is 1.30. The molecule has 0 aliphatic rings. The minimum absolute atomic E-state index is 0.883. The first-order valence-electron chi connectivity index (χ1n) is 4.69. The number of halogens is 1. The van der Waals surface area contributed by atoms with Gasteiger partial charge in [0.15, 0.2) is 0 Å². The van der Waals surface area contributed by atoms with Gasteiger partial charge in [0.1, 0.15) is 0 Å². The summed E-state index contributed by atoms with van der Waals surface area (Å²) in [6, 6.07) is 2.01. The third-order valence-corrected chi connectivity index (χ3v) is 2.33. The molecule has 2 rings (SSSR count). The Morgan fingerprint density at radius 3 is 2.93 bits per heavy atom. The van der Waals surface area contributed by atoms with Crippen LogP contribution in [-0.4, -0.2) is 21.3 Å². The molecule has 0 bridgehead atoms. The zero-order chi connectivity index (χ0) is 10.7. The lowest BCUT2D eigenvalue weighted by Crippen LogP contribution is -2.00. The van der Waals surface area contributed by atoms with Gasteiger partial charge >= 0.3 is 0 Å². The Morgan fingerprint density at radius 2 is 2.27 bits per heavy atom. The second kappa shape index (κ2) is 4.44. The molecule has 0 saturated heterocycles. The fraction of sp³-hybridized carbons (Fsp3) is 0.200. The van der Waals surface area contributed by atoms with Gasteiger partial charge < -0.3 is 5.32 Å². The smallest absolute Gasteiger partial charge is 0.0849 e. The molecular weight excluding hydrogens is 256 g/mol. The summed E-state index contributed by atoms with van der Waals surface area (Å²) in [6.45, 7) is 2.94. The van der Waals surface area contributed by atoms with Crippen LogP contribution in [-0.2, 0) is 0 Å². The number of anilines is 1. The Labute approximate surface area is 96.5 Å². The van der Waals surface area contributed by atoms with Crippen LogP contribution in [0.4, 0.5) is 5.69 Å². The van der Waals surface area contributed by atoms with Crippen molar-refractivity contribution in [2.24, 2.45) is 0 Å². The van der Waals surface area contributed by atoms with Gasteiger partial charge in [-0.3, -0.25) is 4.98 Å². The van der Waals surface area contributed by atoms with Gasteiger partial charge in [-0.15, -0.1) is 0 Å². The molecule has 0 aliphatic heterocycles. The molecule has 0 aromatic carbocycles. The zero-order valence-corrected chi connectivity index (χ0v) is 9.90. The van der Waals surface area contributed by atoms with Crippen LogP contribution in [0.25, 0.3) is 5.69 Å². The molecule has 0 unspecified atom stereocenters. The first-order valence-corrected chi connectivity index (χ1v) is 5.48. The maximum absolute atomic E-state index is 4.19. The Bertz CT molecular complexity index is 452. The molecular formula is C10H11BrN4. The van der Waals surface area contributed by atoms with Crippen LogP contribution in [0.1, 0.15) is 6.92 Å². The Hall–Kier alpha value is -1.36. The summed E-state index contributed by atoms with van der Waals surface area (Å²) >= 11 is 3.36. The molecule has 2 aromatic rings. The molecule has 0 saturated carbocycles. The average molecular weight is 267 g/mol. The van der Waals surface area contributed by atoms with Gasteiger partial charge in [-0.1, -0.05) is 0 Å². The van der Waals surface area contributed by atoms with Crippen LogP contribution in [0.15, 0.2) is 35.3 Å². The third-order valence-electron chi connectivity index (χ3n) is 1.92. The van der Waals surface area contributed by atoms with Crippen LogP contribution in [0.5, 0.6) is 0 Å². The van der Waals surface area contributed by atoms with Gasteiger partial charge in [-0.2, -0.15) is 5.10 Å². The van der Waals surface area contributed by atoms with Gasteiger partial charge in [0, 0.05) is 12.7 Å². The minimum Gasteiger partial charge on any atom is -0.384 e. The molecule has 0 spiro atoms. The Kier molecular flexibility index (Phi) is 3.01. The van der Waals surface area contributed by atoms with Gasteiger partial charge in [0.2, 0.25) is 0 Å². The van der Waals surface area contributed by atoms with Gasteiger partial charge in [0.25, 0.3) is 0 Å². The molecule has 1 N–H and O–H groups in total. The van der Waals surface area contributed by atoms with E-state index in [1.165, 1.54) is 0 Å². The summed E-state index contributed by atoms with van der Waals surface area (Å²) in [5.74, 6) is 0. The van der Waals surface area contributed by atoms with Gasteiger partial charge in [0.05, 0.1) is 34.4 Å². The highest BCUT2D eigenvalue weighted by Gasteiger charge is 2.00. The molecule has 15 heavy (non-hydrogen) atoms. The molecule has 0 radical (unpaired) electrons. The van der Waals surface area contributed by atoms with E-state index in [-0.39, 0.29) is 0 Å². The van der Waals surface area contributed by atoms with Crippen LogP contribution in [0, 0.1) is 0 Å². The van der Waals surface area contributed by atoms with Crippen molar-refractivity contribution >= 4 is 21.6 Å². The van der Waals surface area contributed by atoms with Crippen LogP contribution in [0.3, 0.4) is 0 Å².